The SMILES string of the molecule is [Fe].[Fe].[Fe].[Fe].[Fe].[Fe].[Fe].[Fe].[Fe].[Fe].[Fe].[Fe]. The first kappa shape index (κ1) is 139. The largest absolute Gasteiger partial charge is 0 e. The van der Waals surface area contributed by atoms with Gasteiger partial charge < -0.3 is 0 Å². The molecule has 0 aliphatic heterocycles. The van der Waals surface area contributed by atoms with E-state index in [2.05, 4.69) is 0 Å². The van der Waals surface area contributed by atoms with Crippen LogP contribution in [0.15, 0.2) is 0 Å². The van der Waals surface area contributed by atoms with Gasteiger partial charge in [0.15, 0.2) is 0 Å². The van der Waals surface area contributed by atoms with Crippen molar-refractivity contribution in [3.05, 3.63) is 0 Å². The molecule has 0 saturated carbocycles. The molecule has 0 radical (unpaired) electrons. The van der Waals surface area contributed by atoms with Crippen LogP contribution in [-0.2, 0) is 205 Å². The maximum absolute atomic E-state index is 0. The Labute approximate surface area is 201 Å². The Balaban J connectivity index is 0. The normalized spacial score (nSPS) is 0. The van der Waals surface area contributed by atoms with Crippen molar-refractivity contribution in [2.24, 2.45) is 0 Å². The molecule has 0 nitrogen and oxygen atoms in total. The molecule has 0 aliphatic carbocycles. The van der Waals surface area contributed by atoms with Gasteiger partial charge in [0.2, 0.25) is 0 Å². The first-order chi connectivity index (χ1) is 0. The smallest absolute Gasteiger partial charge is 0 e. The van der Waals surface area contributed by atoms with Crippen molar-refractivity contribution in [2.45, 2.75) is 0 Å². The van der Waals surface area contributed by atoms with Crippen molar-refractivity contribution >= 4 is 0 Å². The summed E-state index contributed by atoms with van der Waals surface area (Å²) in [5, 5.41) is 0. The van der Waals surface area contributed by atoms with Crippen LogP contribution in [-0.4, -0.2) is 0 Å². The van der Waals surface area contributed by atoms with Crippen LogP contribution in [0.3, 0.4) is 0 Å². The minimum absolute atomic E-state index is 0. The van der Waals surface area contributed by atoms with Crippen LogP contribution in [0.5, 0.6) is 0 Å². The molecule has 0 heterocycles. The van der Waals surface area contributed by atoms with Crippen LogP contribution in [0.4, 0.5) is 0 Å². The topological polar surface area (TPSA) is 0 Å². The molecule has 12 heavy (non-hydrogen) atoms. The molecular formula is Fe12. The Morgan fingerprint density at radius 3 is 0.0833 bits per heavy atom. The van der Waals surface area contributed by atoms with Crippen LogP contribution in [0.1, 0.15) is 0 Å². The van der Waals surface area contributed by atoms with Gasteiger partial charge in [0, 0.05) is 205 Å². The van der Waals surface area contributed by atoms with Crippen molar-refractivity contribution in [1.82, 2.24) is 0 Å². The van der Waals surface area contributed by atoms with Gasteiger partial charge in [-0.2, -0.15) is 0 Å². The van der Waals surface area contributed by atoms with Crippen LogP contribution >= 0.6 is 0 Å². The van der Waals surface area contributed by atoms with Gasteiger partial charge in [-0.05, 0) is 0 Å². The van der Waals surface area contributed by atoms with E-state index >= 15 is 0 Å². The second-order valence-electron chi connectivity index (χ2n) is 0. The molecule has 0 aromatic rings. The molecule has 0 aromatic carbocycles. The van der Waals surface area contributed by atoms with Gasteiger partial charge in [-0.25, -0.2) is 0 Å². The Bertz CT molecular complexity index is 0. The number of hydrogen-bond donors (Lipinski definition) is 0. The van der Waals surface area contributed by atoms with Crippen molar-refractivity contribution in [1.29, 1.82) is 0 Å². The summed E-state index contributed by atoms with van der Waals surface area (Å²) in [6.45, 7) is 0. The van der Waals surface area contributed by atoms with Crippen LogP contribution in [0.2, 0.25) is 0 Å². The Kier molecular flexibility index (Phi) is 1360. The fraction of sp³-hybridized carbons (Fsp3) is 0. The van der Waals surface area contributed by atoms with Gasteiger partial charge in [-0.3, -0.25) is 0 Å². The molecule has 0 fully saturated rings. The second kappa shape index (κ2) is 117. The van der Waals surface area contributed by atoms with E-state index in [1.165, 1.54) is 0 Å². The zero-order valence-corrected chi connectivity index (χ0v) is 17.5. The first-order valence-corrected chi connectivity index (χ1v) is 0. The molecule has 0 atom stereocenters. The van der Waals surface area contributed by atoms with E-state index < -0.39 is 0 Å². The van der Waals surface area contributed by atoms with Gasteiger partial charge >= 0.3 is 0 Å². The molecule has 0 aliphatic rings. The minimum Gasteiger partial charge on any atom is 0 e. The molecular weight excluding hydrogens is 670 g/mol. The molecule has 0 unspecified atom stereocenters. The van der Waals surface area contributed by atoms with Gasteiger partial charge in [-0.15, -0.1) is 0 Å². The molecule has 0 saturated heterocycles. The summed E-state index contributed by atoms with van der Waals surface area (Å²) in [5.41, 5.74) is 0. The molecule has 0 rings (SSSR count). The standard InChI is InChI=1S/12Fe. The maximum atomic E-state index is 0. The van der Waals surface area contributed by atoms with Crippen LogP contribution in [0.25, 0.3) is 0 Å². The summed E-state index contributed by atoms with van der Waals surface area (Å²) >= 11 is 0. The van der Waals surface area contributed by atoms with E-state index in [1.807, 2.05) is 0 Å². The summed E-state index contributed by atoms with van der Waals surface area (Å²) in [7, 11) is 0. The predicted octanol–water partition coefficient (Wildman–Crippen LogP) is -0.0300. The third-order valence-electron chi connectivity index (χ3n) is 0. The summed E-state index contributed by atoms with van der Waals surface area (Å²) < 4.78 is 0. The quantitative estimate of drug-likeness (QED) is 0.318. The van der Waals surface area contributed by atoms with Crippen LogP contribution < -0.4 is 0 Å². The van der Waals surface area contributed by atoms with Crippen molar-refractivity contribution in [2.75, 3.05) is 0 Å². The summed E-state index contributed by atoms with van der Waals surface area (Å²) in [4.78, 5) is 0. The van der Waals surface area contributed by atoms with E-state index in [4.69, 9.17) is 0 Å². The van der Waals surface area contributed by atoms with Gasteiger partial charge in [0.05, 0.1) is 0 Å². The predicted molar refractivity (Wildman–Crippen MR) is 0 cm³/mol. The molecule has 0 N–H and O–H groups in total. The summed E-state index contributed by atoms with van der Waals surface area (Å²) in [6.07, 6.45) is 0. The number of hydrogen-bond acceptors (Lipinski definition) is 0. The fourth-order valence-corrected chi connectivity index (χ4v) is 0. The average molecular weight is 670 g/mol. The maximum Gasteiger partial charge on any atom is 0 e. The van der Waals surface area contributed by atoms with Crippen molar-refractivity contribution < 1.29 is 205 Å². The van der Waals surface area contributed by atoms with E-state index in [9.17, 15) is 0 Å². The molecule has 0 amide bonds. The third-order valence-corrected chi connectivity index (χ3v) is 0. The molecule has 0 aromatic heterocycles. The van der Waals surface area contributed by atoms with E-state index in [-0.39, 0.29) is 205 Å². The van der Waals surface area contributed by atoms with Gasteiger partial charge in [0.1, 0.15) is 0 Å². The Hall–Kier alpha value is 6.23. The summed E-state index contributed by atoms with van der Waals surface area (Å²) in [5.74, 6) is 0. The third kappa shape index (κ3) is 96.9. The molecule has 12 heteroatoms. The summed E-state index contributed by atoms with van der Waals surface area (Å²) in [6, 6.07) is 0. The van der Waals surface area contributed by atoms with E-state index in [1.54, 1.807) is 0 Å². The zero-order valence-electron chi connectivity index (χ0n) is 4.24. The number of rotatable bonds is 0. The van der Waals surface area contributed by atoms with Gasteiger partial charge in [0.25, 0.3) is 0 Å². The molecule has 0 bridgehead atoms. The Morgan fingerprint density at radius 1 is 0.0833 bits per heavy atom. The fourth-order valence-electron chi connectivity index (χ4n) is 0. The van der Waals surface area contributed by atoms with E-state index in [0.29, 0.717) is 0 Å². The van der Waals surface area contributed by atoms with Crippen molar-refractivity contribution in [3.8, 4) is 0 Å². The first-order valence-electron chi connectivity index (χ1n) is 0. The Morgan fingerprint density at radius 2 is 0.0833 bits per heavy atom. The van der Waals surface area contributed by atoms with E-state index in [0.717, 1.165) is 0 Å². The zero-order chi connectivity index (χ0) is 0. The van der Waals surface area contributed by atoms with Crippen LogP contribution in [0, 0.1) is 0 Å². The van der Waals surface area contributed by atoms with Gasteiger partial charge in [-0.1, -0.05) is 0 Å². The second-order valence-corrected chi connectivity index (χ2v) is 0. The molecule has 96 valence electrons. The monoisotopic (exact) mass is 671 g/mol. The van der Waals surface area contributed by atoms with Crippen molar-refractivity contribution in [3.63, 3.8) is 0 Å². The minimum atomic E-state index is 0. The molecule has 0 spiro atoms. The average Bonchev–Trinajstić information content (AvgIpc) is 0.